The maximum absolute atomic E-state index is 12.4. The lowest BCUT2D eigenvalue weighted by molar-refractivity contribution is -0.120. The zero-order chi connectivity index (χ0) is 16.8. The van der Waals surface area contributed by atoms with Gasteiger partial charge in [0.1, 0.15) is 5.75 Å². The maximum Gasteiger partial charge on any atom is 0.240 e. The molecule has 0 spiro atoms. The van der Waals surface area contributed by atoms with Crippen molar-refractivity contribution < 1.29 is 14.3 Å². The van der Waals surface area contributed by atoms with Crippen LogP contribution in [0.15, 0.2) is 18.2 Å². The number of anilines is 2. The predicted octanol–water partition coefficient (Wildman–Crippen LogP) is 2.92. The van der Waals surface area contributed by atoms with Crippen LogP contribution in [-0.2, 0) is 9.59 Å². The van der Waals surface area contributed by atoms with E-state index in [9.17, 15) is 9.59 Å². The summed E-state index contributed by atoms with van der Waals surface area (Å²) in [6.07, 6.45) is 5.25. The number of carbonyl (C=O) groups is 2. The number of rotatable bonds is 5. The SMILES string of the molecule is COc1ccc(NC(=O)[C@H](C)N)cc1NC(=O)C1CCCCC1.Cl. The summed E-state index contributed by atoms with van der Waals surface area (Å²) < 4.78 is 5.29. The number of amides is 2. The number of ether oxygens (including phenoxy) is 1. The Hall–Kier alpha value is -1.79. The molecule has 0 radical (unpaired) electrons. The van der Waals surface area contributed by atoms with Crippen LogP contribution in [0.2, 0.25) is 0 Å². The quantitative estimate of drug-likeness (QED) is 0.757. The highest BCUT2D eigenvalue weighted by molar-refractivity contribution is 5.97. The van der Waals surface area contributed by atoms with E-state index >= 15 is 0 Å². The van der Waals surface area contributed by atoms with Crippen LogP contribution >= 0.6 is 12.4 Å². The average molecular weight is 356 g/mol. The highest BCUT2D eigenvalue weighted by Gasteiger charge is 2.22. The molecule has 0 unspecified atom stereocenters. The number of hydrogen-bond acceptors (Lipinski definition) is 4. The molecule has 1 aliphatic carbocycles. The van der Waals surface area contributed by atoms with Gasteiger partial charge in [-0.05, 0) is 38.0 Å². The highest BCUT2D eigenvalue weighted by atomic mass is 35.5. The molecule has 0 bridgehead atoms. The molecule has 7 heteroatoms. The van der Waals surface area contributed by atoms with E-state index in [0.717, 1.165) is 25.7 Å². The summed E-state index contributed by atoms with van der Waals surface area (Å²) in [7, 11) is 1.55. The largest absolute Gasteiger partial charge is 0.495 e. The summed E-state index contributed by atoms with van der Waals surface area (Å²) in [6.45, 7) is 1.62. The zero-order valence-electron chi connectivity index (χ0n) is 14.1. The second-order valence-corrected chi connectivity index (χ2v) is 6.02. The Morgan fingerprint density at radius 2 is 1.88 bits per heavy atom. The van der Waals surface area contributed by atoms with Gasteiger partial charge in [-0.15, -0.1) is 12.4 Å². The molecule has 24 heavy (non-hydrogen) atoms. The summed E-state index contributed by atoms with van der Waals surface area (Å²) in [4.78, 5) is 24.1. The molecule has 1 saturated carbocycles. The van der Waals surface area contributed by atoms with Crippen LogP contribution in [-0.4, -0.2) is 25.0 Å². The number of halogens is 1. The van der Waals surface area contributed by atoms with Crippen molar-refractivity contribution >= 4 is 35.6 Å². The molecular weight excluding hydrogens is 330 g/mol. The van der Waals surface area contributed by atoms with E-state index in [-0.39, 0.29) is 30.1 Å². The van der Waals surface area contributed by atoms with Crippen LogP contribution in [0.25, 0.3) is 0 Å². The molecule has 0 aromatic heterocycles. The molecule has 1 fully saturated rings. The molecule has 0 heterocycles. The lowest BCUT2D eigenvalue weighted by Gasteiger charge is -2.21. The summed E-state index contributed by atoms with van der Waals surface area (Å²) in [6, 6.07) is 4.53. The van der Waals surface area contributed by atoms with Crippen LogP contribution in [0.5, 0.6) is 5.75 Å². The zero-order valence-corrected chi connectivity index (χ0v) is 14.9. The molecule has 0 aliphatic heterocycles. The second kappa shape index (κ2) is 9.49. The minimum Gasteiger partial charge on any atom is -0.495 e. The third-order valence-electron chi connectivity index (χ3n) is 4.11. The Balaban J connectivity index is 0.00000288. The van der Waals surface area contributed by atoms with Crippen molar-refractivity contribution in [2.24, 2.45) is 11.7 Å². The lowest BCUT2D eigenvalue weighted by atomic mass is 9.88. The monoisotopic (exact) mass is 355 g/mol. The predicted molar refractivity (Wildman–Crippen MR) is 97.7 cm³/mol. The van der Waals surface area contributed by atoms with Crippen molar-refractivity contribution in [1.82, 2.24) is 0 Å². The van der Waals surface area contributed by atoms with Gasteiger partial charge in [-0.1, -0.05) is 19.3 Å². The van der Waals surface area contributed by atoms with Gasteiger partial charge in [0.05, 0.1) is 18.8 Å². The molecule has 134 valence electrons. The number of hydrogen-bond donors (Lipinski definition) is 3. The molecule has 1 aromatic carbocycles. The van der Waals surface area contributed by atoms with E-state index in [1.54, 1.807) is 32.2 Å². The van der Waals surface area contributed by atoms with Gasteiger partial charge in [-0.2, -0.15) is 0 Å². The third kappa shape index (κ3) is 5.39. The normalized spacial score (nSPS) is 15.8. The van der Waals surface area contributed by atoms with Crippen molar-refractivity contribution in [1.29, 1.82) is 0 Å². The van der Waals surface area contributed by atoms with Crippen molar-refractivity contribution in [3.63, 3.8) is 0 Å². The van der Waals surface area contributed by atoms with Gasteiger partial charge >= 0.3 is 0 Å². The van der Waals surface area contributed by atoms with Gasteiger partial charge in [0.2, 0.25) is 11.8 Å². The summed E-state index contributed by atoms with van der Waals surface area (Å²) >= 11 is 0. The molecule has 2 rings (SSSR count). The van der Waals surface area contributed by atoms with Gasteiger partial charge in [-0.3, -0.25) is 9.59 Å². The Morgan fingerprint density at radius 1 is 1.21 bits per heavy atom. The van der Waals surface area contributed by atoms with E-state index in [2.05, 4.69) is 10.6 Å². The second-order valence-electron chi connectivity index (χ2n) is 6.02. The standard InChI is InChI=1S/C17H25N3O3.ClH/c1-11(18)16(21)19-13-8-9-15(23-2)14(10-13)20-17(22)12-6-4-3-5-7-12;/h8-12H,3-7,18H2,1-2H3,(H,19,21)(H,20,22);1H/t11-;/m0./s1. The molecule has 1 atom stereocenters. The fraction of sp³-hybridized carbons (Fsp3) is 0.529. The summed E-state index contributed by atoms with van der Waals surface area (Å²) in [5.41, 5.74) is 6.69. The first-order valence-corrected chi connectivity index (χ1v) is 8.06. The van der Waals surface area contributed by atoms with Crippen molar-refractivity contribution in [3.8, 4) is 5.75 Å². The molecule has 4 N–H and O–H groups in total. The molecule has 1 aliphatic rings. The van der Waals surface area contributed by atoms with Gasteiger partial charge in [0.15, 0.2) is 0 Å². The Bertz CT molecular complexity index is 572. The van der Waals surface area contributed by atoms with E-state index in [1.165, 1.54) is 6.42 Å². The lowest BCUT2D eigenvalue weighted by Crippen LogP contribution is -2.32. The fourth-order valence-corrected chi connectivity index (χ4v) is 2.74. The van der Waals surface area contributed by atoms with Crippen LogP contribution in [0.4, 0.5) is 11.4 Å². The Morgan fingerprint density at radius 3 is 2.46 bits per heavy atom. The van der Waals surface area contributed by atoms with E-state index in [1.807, 2.05) is 0 Å². The van der Waals surface area contributed by atoms with Crippen LogP contribution in [0.3, 0.4) is 0 Å². The van der Waals surface area contributed by atoms with Crippen molar-refractivity contribution in [2.75, 3.05) is 17.7 Å². The molecule has 0 saturated heterocycles. The van der Waals surface area contributed by atoms with Gasteiger partial charge in [0, 0.05) is 11.6 Å². The minimum absolute atomic E-state index is 0. The first-order chi connectivity index (χ1) is 11.0. The number of methoxy groups -OCH3 is 1. The highest BCUT2D eigenvalue weighted by Crippen LogP contribution is 2.30. The van der Waals surface area contributed by atoms with E-state index < -0.39 is 6.04 Å². The van der Waals surface area contributed by atoms with Gasteiger partial charge in [-0.25, -0.2) is 0 Å². The van der Waals surface area contributed by atoms with Crippen LogP contribution in [0.1, 0.15) is 39.0 Å². The van der Waals surface area contributed by atoms with E-state index in [4.69, 9.17) is 10.5 Å². The minimum atomic E-state index is -0.600. The number of nitrogens with one attached hydrogen (secondary N) is 2. The molecular formula is C17H26ClN3O3. The summed E-state index contributed by atoms with van der Waals surface area (Å²) in [5.74, 6) is 0.349. The number of nitrogens with two attached hydrogens (primary N) is 1. The Labute approximate surface area is 148 Å². The number of benzene rings is 1. The number of carbonyl (C=O) groups excluding carboxylic acids is 2. The Kier molecular flexibility index (Phi) is 8.01. The maximum atomic E-state index is 12.4. The van der Waals surface area contributed by atoms with Gasteiger partial charge in [0.25, 0.3) is 0 Å². The van der Waals surface area contributed by atoms with Crippen LogP contribution in [0, 0.1) is 5.92 Å². The van der Waals surface area contributed by atoms with Crippen LogP contribution < -0.4 is 21.1 Å². The molecule has 1 aromatic rings. The topological polar surface area (TPSA) is 93.4 Å². The average Bonchev–Trinajstić information content (AvgIpc) is 2.55. The first kappa shape index (κ1) is 20.3. The van der Waals surface area contributed by atoms with Crippen molar-refractivity contribution in [2.45, 2.75) is 45.1 Å². The molecule has 2 amide bonds. The fourth-order valence-electron chi connectivity index (χ4n) is 2.74. The molecule has 6 nitrogen and oxygen atoms in total. The smallest absolute Gasteiger partial charge is 0.240 e. The van der Waals surface area contributed by atoms with Crippen molar-refractivity contribution in [3.05, 3.63) is 18.2 Å². The third-order valence-corrected chi connectivity index (χ3v) is 4.11. The first-order valence-electron chi connectivity index (χ1n) is 8.06. The van der Waals surface area contributed by atoms with E-state index in [0.29, 0.717) is 17.1 Å². The van der Waals surface area contributed by atoms with Gasteiger partial charge < -0.3 is 21.1 Å². The summed E-state index contributed by atoms with van der Waals surface area (Å²) in [5, 5.41) is 5.64.